The van der Waals surface area contributed by atoms with Crippen molar-refractivity contribution in [3.05, 3.63) is 31.2 Å². The topological polar surface area (TPSA) is 52.6 Å². The van der Waals surface area contributed by atoms with E-state index < -0.39 is 0 Å². The van der Waals surface area contributed by atoms with Crippen LogP contribution in [0.25, 0.3) is 0 Å². The summed E-state index contributed by atoms with van der Waals surface area (Å²) < 4.78 is 0. The lowest BCUT2D eigenvalue weighted by Gasteiger charge is -2.32. The van der Waals surface area contributed by atoms with Gasteiger partial charge in [0.25, 0.3) is 0 Å². The van der Waals surface area contributed by atoms with Gasteiger partial charge in [-0.15, -0.1) is 0 Å². The summed E-state index contributed by atoms with van der Waals surface area (Å²) in [5.41, 5.74) is 2.01. The lowest BCUT2D eigenvalue weighted by Crippen LogP contribution is -2.49. The lowest BCUT2D eigenvalue weighted by molar-refractivity contribution is -0.120. The Morgan fingerprint density at radius 3 is 2.24 bits per heavy atom. The number of hydrogen-bond acceptors (Lipinski definition) is 3. The van der Waals surface area contributed by atoms with Gasteiger partial charge in [-0.05, 0) is 43.0 Å². The average molecular weight is 286 g/mol. The number of benzene rings is 1. The Balaban J connectivity index is 1.69. The van der Waals surface area contributed by atoms with Gasteiger partial charge in [0.1, 0.15) is 0 Å². The van der Waals surface area contributed by atoms with Gasteiger partial charge in [0, 0.05) is 37.4 Å². The Morgan fingerprint density at radius 1 is 1.00 bits per heavy atom. The maximum absolute atomic E-state index is 11.8. The first-order valence-electron chi connectivity index (χ1n) is 7.43. The van der Waals surface area contributed by atoms with Crippen LogP contribution in [0, 0.1) is 12.8 Å². The first-order chi connectivity index (χ1) is 10.1. The molecule has 2 heterocycles. The van der Waals surface area contributed by atoms with E-state index in [2.05, 4.69) is 17.1 Å². The van der Waals surface area contributed by atoms with Crippen LogP contribution in [0.15, 0.2) is 24.3 Å². The minimum atomic E-state index is -0.336. The Bertz CT molecular complexity index is 533. The van der Waals surface area contributed by atoms with Crippen molar-refractivity contribution in [1.29, 1.82) is 0 Å². The Hall–Kier alpha value is -2.04. The van der Waals surface area contributed by atoms with E-state index in [-0.39, 0.29) is 11.9 Å². The molecule has 3 rings (SSSR count). The molecule has 2 aliphatic heterocycles. The van der Waals surface area contributed by atoms with Crippen molar-refractivity contribution in [2.24, 2.45) is 5.92 Å². The van der Waals surface area contributed by atoms with Crippen LogP contribution in [-0.4, -0.2) is 31.6 Å². The molecule has 0 bridgehead atoms. The molecular formula is C16H20N3O2. The van der Waals surface area contributed by atoms with Crippen LogP contribution >= 0.6 is 0 Å². The highest BCUT2D eigenvalue weighted by atomic mass is 16.2. The molecule has 1 radical (unpaired) electrons. The maximum Gasteiger partial charge on any atom is 0.328 e. The van der Waals surface area contributed by atoms with Crippen molar-refractivity contribution in [2.45, 2.75) is 19.3 Å². The number of piperidine rings is 1. The van der Waals surface area contributed by atoms with Crippen molar-refractivity contribution < 1.29 is 9.59 Å². The maximum atomic E-state index is 11.8. The molecule has 5 nitrogen and oxygen atoms in total. The van der Waals surface area contributed by atoms with E-state index in [9.17, 15) is 9.59 Å². The molecule has 21 heavy (non-hydrogen) atoms. The molecule has 2 fully saturated rings. The zero-order valence-electron chi connectivity index (χ0n) is 12.0. The number of carbonyl (C=O) groups excluding carboxylic acids is 2. The SMILES string of the molecule is [CH2]C1CCN(c2ccc(N3CCC(=O)NC3=O)cc2)CC1. The Kier molecular flexibility index (Phi) is 3.82. The summed E-state index contributed by atoms with van der Waals surface area (Å²) in [4.78, 5) is 26.9. The van der Waals surface area contributed by atoms with Gasteiger partial charge in [0.05, 0.1) is 0 Å². The van der Waals surface area contributed by atoms with Gasteiger partial charge in [-0.2, -0.15) is 0 Å². The predicted molar refractivity (Wildman–Crippen MR) is 82.2 cm³/mol. The monoisotopic (exact) mass is 286 g/mol. The van der Waals surface area contributed by atoms with E-state index in [1.54, 1.807) is 4.90 Å². The Labute approximate surface area is 124 Å². The molecule has 0 atom stereocenters. The number of urea groups is 1. The van der Waals surface area contributed by atoms with Crippen molar-refractivity contribution in [1.82, 2.24) is 5.32 Å². The van der Waals surface area contributed by atoms with Gasteiger partial charge in [-0.3, -0.25) is 15.0 Å². The molecule has 0 aromatic heterocycles. The van der Waals surface area contributed by atoms with E-state index in [4.69, 9.17) is 0 Å². The predicted octanol–water partition coefficient (Wildman–Crippen LogP) is 2.18. The third-order valence-electron chi connectivity index (χ3n) is 4.20. The highest BCUT2D eigenvalue weighted by molar-refractivity contribution is 6.05. The summed E-state index contributed by atoms with van der Waals surface area (Å²) in [6.07, 6.45) is 2.60. The van der Waals surface area contributed by atoms with Crippen LogP contribution in [-0.2, 0) is 4.79 Å². The number of hydrogen-bond donors (Lipinski definition) is 1. The summed E-state index contributed by atoms with van der Waals surface area (Å²) in [6, 6.07) is 7.64. The van der Waals surface area contributed by atoms with Gasteiger partial charge in [0.2, 0.25) is 5.91 Å². The van der Waals surface area contributed by atoms with Crippen molar-refractivity contribution in [2.75, 3.05) is 29.4 Å². The van der Waals surface area contributed by atoms with Crippen molar-refractivity contribution in [3.8, 4) is 0 Å². The Morgan fingerprint density at radius 2 is 1.62 bits per heavy atom. The summed E-state index contributed by atoms with van der Waals surface area (Å²) in [5, 5.41) is 2.34. The molecule has 111 valence electrons. The van der Waals surface area contributed by atoms with Crippen LogP contribution in [0.4, 0.5) is 16.2 Å². The second-order valence-electron chi connectivity index (χ2n) is 5.70. The molecule has 5 heteroatoms. The fourth-order valence-corrected chi connectivity index (χ4v) is 2.85. The number of rotatable bonds is 2. The quantitative estimate of drug-likeness (QED) is 0.906. The lowest BCUT2D eigenvalue weighted by atomic mass is 9.99. The molecular weight excluding hydrogens is 266 g/mol. The molecule has 0 saturated carbocycles. The van der Waals surface area contributed by atoms with E-state index in [1.807, 2.05) is 24.3 Å². The van der Waals surface area contributed by atoms with Crippen LogP contribution in [0.2, 0.25) is 0 Å². The molecule has 2 saturated heterocycles. The number of anilines is 2. The minimum absolute atomic E-state index is 0.205. The highest BCUT2D eigenvalue weighted by Crippen LogP contribution is 2.26. The number of imide groups is 1. The van der Waals surface area contributed by atoms with Gasteiger partial charge >= 0.3 is 6.03 Å². The number of carbonyl (C=O) groups is 2. The summed E-state index contributed by atoms with van der Waals surface area (Å²) in [5.74, 6) is 0.360. The average Bonchev–Trinajstić information content (AvgIpc) is 2.48. The zero-order valence-corrected chi connectivity index (χ0v) is 12.0. The van der Waals surface area contributed by atoms with E-state index in [0.717, 1.165) is 31.6 Å². The number of nitrogens with one attached hydrogen (secondary N) is 1. The molecule has 2 aliphatic rings. The van der Waals surface area contributed by atoms with E-state index >= 15 is 0 Å². The standard InChI is InChI=1S/C16H20N3O2/c1-12-6-9-18(10-7-12)13-2-4-14(5-3-13)19-11-8-15(20)17-16(19)21/h2-5,12H,1,6-11H2,(H,17,20,21). The molecule has 3 amide bonds. The highest BCUT2D eigenvalue weighted by Gasteiger charge is 2.24. The first kappa shape index (κ1) is 13.9. The summed E-state index contributed by atoms with van der Waals surface area (Å²) in [7, 11) is 0. The fraction of sp³-hybridized carbons (Fsp3) is 0.438. The van der Waals surface area contributed by atoms with Gasteiger partial charge in [-0.1, -0.05) is 6.92 Å². The molecule has 0 spiro atoms. The smallest absolute Gasteiger partial charge is 0.328 e. The van der Waals surface area contributed by atoms with Gasteiger partial charge in [-0.25, -0.2) is 4.79 Å². The summed E-state index contributed by atoms with van der Waals surface area (Å²) >= 11 is 0. The molecule has 1 N–H and O–H groups in total. The third kappa shape index (κ3) is 3.01. The fourth-order valence-electron chi connectivity index (χ4n) is 2.85. The van der Waals surface area contributed by atoms with Crippen molar-refractivity contribution in [3.63, 3.8) is 0 Å². The van der Waals surface area contributed by atoms with Crippen LogP contribution in [0.3, 0.4) is 0 Å². The molecule has 0 aliphatic carbocycles. The van der Waals surface area contributed by atoms with Crippen LogP contribution < -0.4 is 15.1 Å². The zero-order chi connectivity index (χ0) is 14.8. The van der Waals surface area contributed by atoms with E-state index in [1.165, 1.54) is 5.69 Å². The molecule has 1 aromatic rings. The normalized spacial score (nSPS) is 20.6. The second kappa shape index (κ2) is 5.76. The minimum Gasteiger partial charge on any atom is -0.372 e. The molecule has 0 unspecified atom stereocenters. The summed E-state index contributed by atoms with van der Waals surface area (Å²) in [6.45, 7) is 6.62. The number of nitrogens with zero attached hydrogens (tertiary/aromatic N) is 2. The van der Waals surface area contributed by atoms with Gasteiger partial charge < -0.3 is 4.90 Å². The van der Waals surface area contributed by atoms with Gasteiger partial charge in [0.15, 0.2) is 0 Å². The largest absolute Gasteiger partial charge is 0.372 e. The van der Waals surface area contributed by atoms with Crippen LogP contribution in [0.1, 0.15) is 19.3 Å². The second-order valence-corrected chi connectivity index (χ2v) is 5.70. The number of amides is 3. The third-order valence-corrected chi connectivity index (χ3v) is 4.20. The molecule has 1 aromatic carbocycles. The van der Waals surface area contributed by atoms with E-state index in [0.29, 0.717) is 18.9 Å². The first-order valence-corrected chi connectivity index (χ1v) is 7.43. The van der Waals surface area contributed by atoms with Crippen LogP contribution in [0.5, 0.6) is 0 Å². The van der Waals surface area contributed by atoms with Crippen molar-refractivity contribution >= 4 is 23.3 Å².